The number of carboxylic acid groups (broad SMARTS) is 1. The summed E-state index contributed by atoms with van der Waals surface area (Å²) < 4.78 is 5.50. The van der Waals surface area contributed by atoms with Gasteiger partial charge in [-0.2, -0.15) is 0 Å². The number of hydrogen-bond acceptors (Lipinski definition) is 4. The maximum Gasteiger partial charge on any atom is 0.326 e. The molecule has 1 aromatic heterocycles. The van der Waals surface area contributed by atoms with E-state index < -0.39 is 23.8 Å². The summed E-state index contributed by atoms with van der Waals surface area (Å²) in [4.78, 5) is 35.1. The molecular weight excluding hydrogens is 312 g/mol. The molecule has 0 bridgehead atoms. The third-order valence-electron chi connectivity index (χ3n) is 3.50. The Morgan fingerprint density at radius 2 is 1.83 bits per heavy atom. The molecule has 0 saturated carbocycles. The lowest BCUT2D eigenvalue weighted by atomic mass is 10.0. The molecule has 0 radical (unpaired) electrons. The zero-order valence-electron chi connectivity index (χ0n) is 14.8. The fourth-order valence-corrected chi connectivity index (χ4v) is 2.21. The molecule has 0 aliphatic carbocycles. The lowest BCUT2D eigenvalue weighted by Gasteiger charge is -2.16. The van der Waals surface area contributed by atoms with Gasteiger partial charge >= 0.3 is 5.97 Å². The Morgan fingerprint density at radius 3 is 2.29 bits per heavy atom. The first-order chi connectivity index (χ1) is 11.1. The standard InChI is InChI=1S/C17H26N2O5/c1-9(2)6-13(17(22)23)19-15(20)8-18-16(21)12-7-14(10(3)4)24-11(12)5/h7,9-10,13H,6,8H2,1-5H3,(H,18,21)(H,19,20)(H,22,23)/t13-/m0/s1. The van der Waals surface area contributed by atoms with Crippen LogP contribution in [-0.4, -0.2) is 35.5 Å². The van der Waals surface area contributed by atoms with Gasteiger partial charge in [0.05, 0.1) is 12.1 Å². The van der Waals surface area contributed by atoms with Crippen molar-refractivity contribution in [3.8, 4) is 0 Å². The van der Waals surface area contributed by atoms with Crippen molar-refractivity contribution in [3.63, 3.8) is 0 Å². The molecule has 1 rings (SSSR count). The van der Waals surface area contributed by atoms with E-state index in [-0.39, 0.29) is 18.4 Å². The molecule has 1 heterocycles. The Morgan fingerprint density at radius 1 is 1.21 bits per heavy atom. The van der Waals surface area contributed by atoms with Crippen LogP contribution in [0.25, 0.3) is 0 Å². The third kappa shape index (κ3) is 5.72. The average Bonchev–Trinajstić information content (AvgIpc) is 2.85. The lowest BCUT2D eigenvalue weighted by Crippen LogP contribution is -2.46. The fourth-order valence-electron chi connectivity index (χ4n) is 2.21. The summed E-state index contributed by atoms with van der Waals surface area (Å²) in [6.45, 7) is 9.05. The van der Waals surface area contributed by atoms with Crippen molar-refractivity contribution in [1.29, 1.82) is 0 Å². The minimum absolute atomic E-state index is 0.129. The number of furan rings is 1. The van der Waals surface area contributed by atoms with Gasteiger partial charge in [0, 0.05) is 5.92 Å². The Kier molecular flexibility index (Phi) is 7.00. The molecule has 0 saturated heterocycles. The molecule has 0 spiro atoms. The molecule has 7 heteroatoms. The summed E-state index contributed by atoms with van der Waals surface area (Å²) >= 11 is 0. The lowest BCUT2D eigenvalue weighted by molar-refractivity contribution is -0.142. The summed E-state index contributed by atoms with van der Waals surface area (Å²) in [6.07, 6.45) is 0.327. The molecule has 0 aromatic carbocycles. The summed E-state index contributed by atoms with van der Waals surface area (Å²) in [5.74, 6) is -0.582. The molecule has 2 amide bonds. The highest BCUT2D eigenvalue weighted by Gasteiger charge is 2.22. The van der Waals surface area contributed by atoms with Crippen LogP contribution in [-0.2, 0) is 9.59 Å². The van der Waals surface area contributed by atoms with E-state index in [1.807, 2.05) is 27.7 Å². The zero-order valence-corrected chi connectivity index (χ0v) is 14.8. The number of nitrogens with one attached hydrogen (secondary N) is 2. The van der Waals surface area contributed by atoms with Crippen LogP contribution in [0, 0.1) is 12.8 Å². The molecule has 0 fully saturated rings. The van der Waals surface area contributed by atoms with Gasteiger partial charge < -0.3 is 20.2 Å². The van der Waals surface area contributed by atoms with Crippen molar-refractivity contribution in [3.05, 3.63) is 23.2 Å². The minimum Gasteiger partial charge on any atom is -0.480 e. The maximum absolute atomic E-state index is 12.1. The van der Waals surface area contributed by atoms with Gasteiger partial charge in [0.25, 0.3) is 5.91 Å². The number of hydrogen-bond donors (Lipinski definition) is 3. The number of amides is 2. The number of aliphatic carboxylic acids is 1. The van der Waals surface area contributed by atoms with Crippen LogP contribution in [0.3, 0.4) is 0 Å². The Hall–Kier alpha value is -2.31. The first-order valence-electron chi connectivity index (χ1n) is 8.02. The zero-order chi connectivity index (χ0) is 18.4. The second-order valence-electron chi connectivity index (χ2n) is 6.54. The van der Waals surface area contributed by atoms with Crippen LogP contribution in [0.5, 0.6) is 0 Å². The van der Waals surface area contributed by atoms with Crippen LogP contribution in [0.4, 0.5) is 0 Å². The minimum atomic E-state index is -1.09. The van der Waals surface area contributed by atoms with E-state index in [4.69, 9.17) is 9.52 Å². The van der Waals surface area contributed by atoms with E-state index >= 15 is 0 Å². The largest absolute Gasteiger partial charge is 0.480 e. The van der Waals surface area contributed by atoms with Crippen LogP contribution >= 0.6 is 0 Å². The molecule has 3 N–H and O–H groups in total. The second-order valence-corrected chi connectivity index (χ2v) is 6.54. The third-order valence-corrected chi connectivity index (χ3v) is 3.50. The van der Waals surface area contributed by atoms with Gasteiger partial charge in [-0.1, -0.05) is 27.7 Å². The molecular formula is C17H26N2O5. The van der Waals surface area contributed by atoms with Crippen LogP contribution in [0.2, 0.25) is 0 Å². The van der Waals surface area contributed by atoms with Crippen molar-refractivity contribution >= 4 is 17.8 Å². The van der Waals surface area contributed by atoms with Gasteiger partial charge in [-0.05, 0) is 25.3 Å². The number of carboxylic acids is 1. The SMILES string of the molecule is Cc1oc(C(C)C)cc1C(=O)NCC(=O)N[C@@H](CC(C)C)C(=O)O. The summed E-state index contributed by atoms with van der Waals surface area (Å²) in [5, 5.41) is 14.0. The topological polar surface area (TPSA) is 109 Å². The van der Waals surface area contributed by atoms with Crippen molar-refractivity contribution in [2.24, 2.45) is 5.92 Å². The molecule has 1 aromatic rings. The van der Waals surface area contributed by atoms with E-state index in [0.29, 0.717) is 23.5 Å². The van der Waals surface area contributed by atoms with Gasteiger partial charge in [-0.25, -0.2) is 4.79 Å². The van der Waals surface area contributed by atoms with E-state index in [9.17, 15) is 14.4 Å². The molecule has 7 nitrogen and oxygen atoms in total. The van der Waals surface area contributed by atoms with Crippen LogP contribution in [0.15, 0.2) is 10.5 Å². The normalized spacial score (nSPS) is 12.3. The Balaban J connectivity index is 2.60. The average molecular weight is 338 g/mol. The Labute approximate surface area is 141 Å². The number of carbonyl (C=O) groups excluding carboxylic acids is 2. The van der Waals surface area contributed by atoms with Gasteiger partial charge in [0.1, 0.15) is 17.6 Å². The summed E-state index contributed by atoms with van der Waals surface area (Å²) in [6, 6.07) is 0.698. The first kappa shape index (κ1) is 19.7. The monoisotopic (exact) mass is 338 g/mol. The molecule has 1 atom stereocenters. The van der Waals surface area contributed by atoms with Gasteiger partial charge in [-0.15, -0.1) is 0 Å². The summed E-state index contributed by atoms with van der Waals surface area (Å²) in [5.41, 5.74) is 0.378. The number of aryl methyl sites for hydroxylation is 1. The van der Waals surface area contributed by atoms with Gasteiger partial charge in [0.15, 0.2) is 0 Å². The fraction of sp³-hybridized carbons (Fsp3) is 0.588. The molecule has 134 valence electrons. The first-order valence-corrected chi connectivity index (χ1v) is 8.02. The summed E-state index contributed by atoms with van der Waals surface area (Å²) in [7, 11) is 0. The predicted octanol–water partition coefficient (Wildman–Crippen LogP) is 2.06. The second kappa shape index (κ2) is 8.52. The van der Waals surface area contributed by atoms with E-state index in [1.165, 1.54) is 0 Å². The van der Waals surface area contributed by atoms with Crippen molar-refractivity contribution < 1.29 is 23.9 Å². The van der Waals surface area contributed by atoms with Gasteiger partial charge in [0.2, 0.25) is 5.91 Å². The highest BCUT2D eigenvalue weighted by atomic mass is 16.4. The Bertz CT molecular complexity index is 604. The number of carbonyl (C=O) groups is 3. The molecule has 0 unspecified atom stereocenters. The van der Waals surface area contributed by atoms with E-state index in [2.05, 4.69) is 10.6 Å². The van der Waals surface area contributed by atoms with Crippen LogP contribution < -0.4 is 10.6 Å². The quantitative estimate of drug-likeness (QED) is 0.672. The molecule has 24 heavy (non-hydrogen) atoms. The van der Waals surface area contributed by atoms with E-state index in [1.54, 1.807) is 13.0 Å². The van der Waals surface area contributed by atoms with Crippen molar-refractivity contribution in [2.45, 2.75) is 53.0 Å². The van der Waals surface area contributed by atoms with Gasteiger partial charge in [-0.3, -0.25) is 9.59 Å². The maximum atomic E-state index is 12.1. The van der Waals surface area contributed by atoms with Crippen LogP contribution in [0.1, 0.15) is 61.9 Å². The molecule has 0 aliphatic heterocycles. The molecule has 0 aliphatic rings. The smallest absolute Gasteiger partial charge is 0.326 e. The van der Waals surface area contributed by atoms with E-state index in [0.717, 1.165) is 0 Å². The highest BCUT2D eigenvalue weighted by Crippen LogP contribution is 2.21. The number of rotatable bonds is 8. The highest BCUT2D eigenvalue weighted by molar-refractivity contribution is 5.97. The van der Waals surface area contributed by atoms with Crippen molar-refractivity contribution in [2.75, 3.05) is 6.54 Å². The van der Waals surface area contributed by atoms with Crippen molar-refractivity contribution in [1.82, 2.24) is 10.6 Å². The predicted molar refractivity (Wildman–Crippen MR) is 88.9 cm³/mol.